The maximum atomic E-state index is 12.3. The molecule has 1 aliphatic rings. The second-order valence-electron chi connectivity index (χ2n) is 5.55. The fourth-order valence-corrected chi connectivity index (χ4v) is 2.92. The van der Waals surface area contributed by atoms with Crippen LogP contribution in [0, 0.1) is 5.92 Å². The van der Waals surface area contributed by atoms with Gasteiger partial charge in [0, 0.05) is 12.1 Å². The maximum absolute atomic E-state index is 12.3. The van der Waals surface area contributed by atoms with Crippen molar-refractivity contribution in [2.45, 2.75) is 45.1 Å². The third kappa shape index (κ3) is 2.53. The van der Waals surface area contributed by atoms with Gasteiger partial charge in [0.15, 0.2) is 11.5 Å². The molecule has 2 heterocycles. The summed E-state index contributed by atoms with van der Waals surface area (Å²) in [6.45, 7) is 1.96. The first-order valence-electron chi connectivity index (χ1n) is 7.36. The molecule has 20 heavy (non-hydrogen) atoms. The van der Waals surface area contributed by atoms with Crippen LogP contribution in [0.15, 0.2) is 24.4 Å². The number of hydrogen-bond acceptors (Lipinski definition) is 3. The summed E-state index contributed by atoms with van der Waals surface area (Å²) in [5, 5.41) is 11.4. The molecule has 1 fully saturated rings. The number of nitrogens with one attached hydrogen (secondary N) is 1. The molecule has 0 spiro atoms. The highest BCUT2D eigenvalue weighted by atomic mass is 16.1. The van der Waals surface area contributed by atoms with Gasteiger partial charge in [0.05, 0.1) is 6.04 Å². The Hall–Kier alpha value is -1.91. The van der Waals surface area contributed by atoms with Gasteiger partial charge in [-0.05, 0) is 31.9 Å². The van der Waals surface area contributed by atoms with Crippen LogP contribution in [-0.4, -0.2) is 20.5 Å². The number of aromatic nitrogens is 3. The molecular formula is C15H20N4O. The average Bonchev–Trinajstić information content (AvgIpc) is 2.92. The van der Waals surface area contributed by atoms with E-state index < -0.39 is 0 Å². The van der Waals surface area contributed by atoms with Crippen LogP contribution in [0.3, 0.4) is 0 Å². The third-order valence-corrected chi connectivity index (χ3v) is 4.06. The largest absolute Gasteiger partial charge is 0.346 e. The fraction of sp³-hybridized carbons (Fsp3) is 0.533. The SMILES string of the molecule is CC(NC(=O)C1CCCCC1)c1nnc2ccccn12. The van der Waals surface area contributed by atoms with Crippen LogP contribution >= 0.6 is 0 Å². The Bertz CT molecular complexity index is 601. The van der Waals surface area contributed by atoms with Crippen LogP contribution in [0.2, 0.25) is 0 Å². The van der Waals surface area contributed by atoms with Gasteiger partial charge in [-0.2, -0.15) is 0 Å². The first kappa shape index (κ1) is 13.1. The molecule has 0 aliphatic heterocycles. The lowest BCUT2D eigenvalue weighted by Gasteiger charge is -2.22. The van der Waals surface area contributed by atoms with Gasteiger partial charge in [-0.1, -0.05) is 25.3 Å². The zero-order chi connectivity index (χ0) is 13.9. The number of pyridine rings is 1. The number of hydrogen-bond donors (Lipinski definition) is 1. The molecule has 2 aromatic heterocycles. The summed E-state index contributed by atoms with van der Waals surface area (Å²) in [6, 6.07) is 5.66. The van der Waals surface area contributed by atoms with E-state index in [4.69, 9.17) is 0 Å². The molecule has 0 saturated heterocycles. The molecule has 5 heteroatoms. The summed E-state index contributed by atoms with van der Waals surface area (Å²) < 4.78 is 1.92. The van der Waals surface area contributed by atoms with Crippen molar-refractivity contribution in [2.75, 3.05) is 0 Å². The van der Waals surface area contributed by atoms with E-state index in [1.807, 2.05) is 35.7 Å². The molecule has 1 aliphatic carbocycles. The van der Waals surface area contributed by atoms with Crippen molar-refractivity contribution in [3.63, 3.8) is 0 Å². The highest BCUT2D eigenvalue weighted by Gasteiger charge is 2.23. The molecule has 0 bridgehead atoms. The van der Waals surface area contributed by atoms with Crippen molar-refractivity contribution in [3.8, 4) is 0 Å². The molecule has 1 amide bonds. The molecule has 2 aromatic rings. The van der Waals surface area contributed by atoms with E-state index in [1.165, 1.54) is 19.3 Å². The highest BCUT2D eigenvalue weighted by molar-refractivity contribution is 5.79. The topological polar surface area (TPSA) is 59.3 Å². The predicted molar refractivity (Wildman–Crippen MR) is 76.1 cm³/mol. The van der Waals surface area contributed by atoms with Gasteiger partial charge in [0.25, 0.3) is 0 Å². The van der Waals surface area contributed by atoms with Gasteiger partial charge >= 0.3 is 0 Å². The molecule has 0 aromatic carbocycles. The van der Waals surface area contributed by atoms with E-state index in [1.54, 1.807) is 0 Å². The Balaban J connectivity index is 1.72. The molecule has 106 valence electrons. The number of amides is 1. The summed E-state index contributed by atoms with van der Waals surface area (Å²) in [7, 11) is 0. The van der Waals surface area contributed by atoms with Crippen molar-refractivity contribution in [1.82, 2.24) is 19.9 Å². The smallest absolute Gasteiger partial charge is 0.223 e. The van der Waals surface area contributed by atoms with Crippen molar-refractivity contribution >= 4 is 11.6 Å². The number of fused-ring (bicyclic) bond motifs is 1. The van der Waals surface area contributed by atoms with Gasteiger partial charge in [-0.3, -0.25) is 9.20 Å². The quantitative estimate of drug-likeness (QED) is 0.933. The standard InChI is InChI=1S/C15H20N4O/c1-11(16-15(20)12-7-3-2-4-8-12)14-18-17-13-9-5-6-10-19(13)14/h5-6,9-12H,2-4,7-8H2,1H3,(H,16,20). The second-order valence-corrected chi connectivity index (χ2v) is 5.55. The van der Waals surface area contributed by atoms with Gasteiger partial charge in [0.2, 0.25) is 5.91 Å². The highest BCUT2D eigenvalue weighted by Crippen LogP contribution is 2.24. The van der Waals surface area contributed by atoms with Crippen LogP contribution in [0.5, 0.6) is 0 Å². The first-order valence-corrected chi connectivity index (χ1v) is 7.36. The molecule has 5 nitrogen and oxygen atoms in total. The number of rotatable bonds is 3. The monoisotopic (exact) mass is 272 g/mol. The van der Waals surface area contributed by atoms with E-state index >= 15 is 0 Å². The van der Waals surface area contributed by atoms with Crippen LogP contribution < -0.4 is 5.32 Å². The second kappa shape index (κ2) is 5.61. The van der Waals surface area contributed by atoms with Crippen molar-refractivity contribution < 1.29 is 4.79 Å². The number of nitrogens with zero attached hydrogens (tertiary/aromatic N) is 3. The molecule has 0 radical (unpaired) electrons. The summed E-state index contributed by atoms with van der Waals surface area (Å²) >= 11 is 0. The van der Waals surface area contributed by atoms with E-state index in [-0.39, 0.29) is 17.9 Å². The molecule has 3 rings (SSSR count). The van der Waals surface area contributed by atoms with E-state index in [9.17, 15) is 4.79 Å². The minimum atomic E-state index is -0.123. The minimum Gasteiger partial charge on any atom is -0.346 e. The first-order chi connectivity index (χ1) is 9.75. The zero-order valence-corrected chi connectivity index (χ0v) is 11.7. The Morgan fingerprint density at radius 3 is 2.90 bits per heavy atom. The lowest BCUT2D eigenvalue weighted by Crippen LogP contribution is -2.34. The normalized spacial score (nSPS) is 18.1. The van der Waals surface area contributed by atoms with E-state index in [0.717, 1.165) is 24.3 Å². The average molecular weight is 272 g/mol. The molecule has 1 atom stereocenters. The maximum Gasteiger partial charge on any atom is 0.223 e. The van der Waals surface area contributed by atoms with E-state index in [0.29, 0.717) is 0 Å². The molecule has 1 N–H and O–H groups in total. The third-order valence-electron chi connectivity index (χ3n) is 4.06. The van der Waals surface area contributed by atoms with Gasteiger partial charge in [0.1, 0.15) is 0 Å². The van der Waals surface area contributed by atoms with E-state index in [2.05, 4.69) is 15.5 Å². The van der Waals surface area contributed by atoms with Crippen LogP contribution in [0.4, 0.5) is 0 Å². The number of carbonyl (C=O) groups is 1. The van der Waals surface area contributed by atoms with Crippen molar-refractivity contribution in [2.24, 2.45) is 5.92 Å². The van der Waals surface area contributed by atoms with Crippen molar-refractivity contribution in [1.29, 1.82) is 0 Å². The Morgan fingerprint density at radius 1 is 1.30 bits per heavy atom. The van der Waals surface area contributed by atoms with Crippen LogP contribution in [-0.2, 0) is 4.79 Å². The Morgan fingerprint density at radius 2 is 2.10 bits per heavy atom. The molecule has 1 saturated carbocycles. The van der Waals surface area contributed by atoms with Gasteiger partial charge < -0.3 is 5.32 Å². The van der Waals surface area contributed by atoms with Gasteiger partial charge in [-0.15, -0.1) is 10.2 Å². The summed E-state index contributed by atoms with van der Waals surface area (Å²) in [5.74, 6) is 1.11. The predicted octanol–water partition coefficient (Wildman–Crippen LogP) is 2.49. The summed E-state index contributed by atoms with van der Waals surface area (Å²) in [4.78, 5) is 12.3. The minimum absolute atomic E-state index is 0.123. The fourth-order valence-electron chi connectivity index (χ4n) is 2.92. The lowest BCUT2D eigenvalue weighted by molar-refractivity contribution is -0.126. The Kier molecular flexibility index (Phi) is 3.67. The van der Waals surface area contributed by atoms with Gasteiger partial charge in [-0.25, -0.2) is 0 Å². The zero-order valence-electron chi connectivity index (χ0n) is 11.7. The lowest BCUT2D eigenvalue weighted by atomic mass is 9.88. The van der Waals surface area contributed by atoms with Crippen LogP contribution in [0.1, 0.15) is 50.9 Å². The summed E-state index contributed by atoms with van der Waals surface area (Å²) in [6.07, 6.45) is 7.54. The Labute approximate surface area is 118 Å². The molecular weight excluding hydrogens is 252 g/mol. The van der Waals surface area contributed by atoms with Crippen molar-refractivity contribution in [3.05, 3.63) is 30.2 Å². The molecule has 1 unspecified atom stereocenters. The van der Waals surface area contributed by atoms with Crippen LogP contribution in [0.25, 0.3) is 5.65 Å². The summed E-state index contributed by atoms with van der Waals surface area (Å²) in [5.41, 5.74) is 0.807. The number of carbonyl (C=O) groups excluding carboxylic acids is 1.